The second-order valence-corrected chi connectivity index (χ2v) is 6.84. The van der Waals surface area contributed by atoms with E-state index in [9.17, 15) is 0 Å². The average molecular weight is 268 g/mol. The maximum atomic E-state index is 3.81. The third kappa shape index (κ3) is 7.31. The quantitative estimate of drug-likeness (QED) is 0.682. The molecule has 0 amide bonds. The zero-order valence-corrected chi connectivity index (χ0v) is 13.8. The zero-order chi connectivity index (χ0) is 14.1. The van der Waals surface area contributed by atoms with Crippen LogP contribution >= 0.6 is 0 Å². The summed E-state index contributed by atoms with van der Waals surface area (Å²) in [5.41, 5.74) is 0. The van der Waals surface area contributed by atoms with Crippen LogP contribution in [0.1, 0.15) is 66.2 Å². The summed E-state index contributed by atoms with van der Waals surface area (Å²) >= 11 is 0. The third-order valence-corrected chi connectivity index (χ3v) is 4.27. The van der Waals surface area contributed by atoms with Crippen LogP contribution in [-0.2, 0) is 0 Å². The number of nitrogens with zero attached hydrogens (tertiary/aromatic N) is 1. The standard InChI is InChI=1S/C17H36N2/c1-5-7-8-16-12-17(18-10-9-15(3)4)14-19(13-16)11-6-2/h15-18H,5-14H2,1-4H3. The maximum absolute atomic E-state index is 3.81. The van der Waals surface area contributed by atoms with Crippen LogP contribution in [0.4, 0.5) is 0 Å². The number of likely N-dealkylation sites (tertiary alicyclic amines) is 1. The predicted molar refractivity (Wildman–Crippen MR) is 85.6 cm³/mol. The van der Waals surface area contributed by atoms with Crippen molar-refractivity contribution < 1.29 is 0 Å². The molecule has 2 atom stereocenters. The van der Waals surface area contributed by atoms with Gasteiger partial charge in [0.25, 0.3) is 0 Å². The summed E-state index contributed by atoms with van der Waals surface area (Å²) in [6, 6.07) is 0.737. The summed E-state index contributed by atoms with van der Waals surface area (Å²) in [6.07, 6.45) is 8.18. The van der Waals surface area contributed by atoms with Crippen LogP contribution in [0, 0.1) is 11.8 Å². The SMILES string of the molecule is CCCCC1CC(NCCC(C)C)CN(CCC)C1. The normalized spacial score (nSPS) is 25.1. The van der Waals surface area contributed by atoms with E-state index in [2.05, 4.69) is 37.9 Å². The van der Waals surface area contributed by atoms with Gasteiger partial charge in [-0.2, -0.15) is 0 Å². The van der Waals surface area contributed by atoms with Crippen molar-refractivity contribution in [1.29, 1.82) is 0 Å². The van der Waals surface area contributed by atoms with Crippen LogP contribution in [0.25, 0.3) is 0 Å². The van der Waals surface area contributed by atoms with E-state index in [1.54, 1.807) is 0 Å². The number of nitrogens with one attached hydrogen (secondary N) is 1. The van der Waals surface area contributed by atoms with Gasteiger partial charge in [0.2, 0.25) is 0 Å². The van der Waals surface area contributed by atoms with E-state index in [-0.39, 0.29) is 0 Å². The van der Waals surface area contributed by atoms with Crippen LogP contribution in [0.3, 0.4) is 0 Å². The molecule has 0 aromatic carbocycles. The minimum atomic E-state index is 0.737. The Bertz CT molecular complexity index is 215. The van der Waals surface area contributed by atoms with Crippen LogP contribution in [0.2, 0.25) is 0 Å². The lowest BCUT2D eigenvalue weighted by Gasteiger charge is -2.38. The first-order valence-corrected chi connectivity index (χ1v) is 8.61. The Labute approximate surface area is 121 Å². The van der Waals surface area contributed by atoms with Gasteiger partial charge in [-0.25, -0.2) is 0 Å². The smallest absolute Gasteiger partial charge is 0.0198 e. The molecule has 0 aromatic rings. The van der Waals surface area contributed by atoms with E-state index >= 15 is 0 Å². The van der Waals surface area contributed by atoms with Crippen LogP contribution < -0.4 is 5.32 Å². The molecule has 1 aliphatic heterocycles. The van der Waals surface area contributed by atoms with E-state index in [1.165, 1.54) is 64.7 Å². The fourth-order valence-electron chi connectivity index (χ4n) is 3.23. The summed E-state index contributed by atoms with van der Waals surface area (Å²) in [6.45, 7) is 14.3. The lowest BCUT2D eigenvalue weighted by molar-refractivity contribution is 0.134. The van der Waals surface area contributed by atoms with Crippen molar-refractivity contribution in [2.45, 2.75) is 72.3 Å². The molecule has 0 aromatic heterocycles. The molecular formula is C17H36N2. The molecule has 2 heteroatoms. The van der Waals surface area contributed by atoms with Gasteiger partial charge in [-0.15, -0.1) is 0 Å². The van der Waals surface area contributed by atoms with Gasteiger partial charge in [0.05, 0.1) is 0 Å². The van der Waals surface area contributed by atoms with Crippen molar-refractivity contribution in [3.63, 3.8) is 0 Å². The van der Waals surface area contributed by atoms with Gasteiger partial charge in [0.1, 0.15) is 0 Å². The molecule has 0 saturated carbocycles. The molecule has 0 aliphatic carbocycles. The minimum absolute atomic E-state index is 0.737. The van der Waals surface area contributed by atoms with Crippen molar-refractivity contribution in [2.24, 2.45) is 11.8 Å². The first kappa shape index (κ1) is 17.0. The molecule has 2 nitrogen and oxygen atoms in total. The highest BCUT2D eigenvalue weighted by molar-refractivity contribution is 4.83. The molecule has 114 valence electrons. The van der Waals surface area contributed by atoms with Crippen LogP contribution in [0.15, 0.2) is 0 Å². The molecule has 1 saturated heterocycles. The van der Waals surface area contributed by atoms with Crippen molar-refractivity contribution in [2.75, 3.05) is 26.2 Å². The van der Waals surface area contributed by atoms with E-state index in [0.717, 1.165) is 17.9 Å². The highest BCUT2D eigenvalue weighted by Gasteiger charge is 2.25. The highest BCUT2D eigenvalue weighted by atomic mass is 15.2. The monoisotopic (exact) mass is 268 g/mol. The summed E-state index contributed by atoms with van der Waals surface area (Å²) in [5, 5.41) is 3.81. The lowest BCUT2D eigenvalue weighted by Crippen LogP contribution is -2.49. The Morgan fingerprint density at radius 2 is 1.95 bits per heavy atom. The number of piperidine rings is 1. The first-order valence-electron chi connectivity index (χ1n) is 8.61. The molecule has 0 spiro atoms. The number of rotatable bonds is 9. The highest BCUT2D eigenvalue weighted by Crippen LogP contribution is 2.22. The molecule has 2 unspecified atom stereocenters. The van der Waals surface area contributed by atoms with Gasteiger partial charge in [0.15, 0.2) is 0 Å². The minimum Gasteiger partial charge on any atom is -0.313 e. The van der Waals surface area contributed by atoms with Crippen molar-refractivity contribution >= 4 is 0 Å². The van der Waals surface area contributed by atoms with E-state index in [1.807, 2.05) is 0 Å². The maximum Gasteiger partial charge on any atom is 0.0198 e. The van der Waals surface area contributed by atoms with Gasteiger partial charge >= 0.3 is 0 Å². The molecule has 1 aliphatic rings. The Morgan fingerprint density at radius 3 is 2.58 bits per heavy atom. The van der Waals surface area contributed by atoms with Gasteiger partial charge in [-0.3, -0.25) is 0 Å². The Kier molecular flexibility index (Phi) is 8.72. The van der Waals surface area contributed by atoms with Crippen molar-refractivity contribution in [3.05, 3.63) is 0 Å². The summed E-state index contributed by atoms with van der Waals surface area (Å²) in [4.78, 5) is 2.69. The summed E-state index contributed by atoms with van der Waals surface area (Å²) in [5.74, 6) is 1.75. The molecular weight excluding hydrogens is 232 g/mol. The van der Waals surface area contributed by atoms with Gasteiger partial charge in [0, 0.05) is 19.1 Å². The summed E-state index contributed by atoms with van der Waals surface area (Å²) < 4.78 is 0. The second-order valence-electron chi connectivity index (χ2n) is 6.84. The second kappa shape index (κ2) is 9.77. The van der Waals surface area contributed by atoms with Gasteiger partial charge in [-0.05, 0) is 50.6 Å². The number of hydrogen-bond acceptors (Lipinski definition) is 2. The zero-order valence-electron chi connectivity index (χ0n) is 13.8. The molecule has 1 fully saturated rings. The Balaban J connectivity index is 2.35. The van der Waals surface area contributed by atoms with E-state index in [4.69, 9.17) is 0 Å². The molecule has 1 heterocycles. The van der Waals surface area contributed by atoms with Gasteiger partial charge in [-0.1, -0.05) is 40.5 Å². The first-order chi connectivity index (χ1) is 9.15. The third-order valence-electron chi connectivity index (χ3n) is 4.27. The molecule has 0 bridgehead atoms. The van der Waals surface area contributed by atoms with Crippen molar-refractivity contribution in [1.82, 2.24) is 10.2 Å². The van der Waals surface area contributed by atoms with Crippen LogP contribution in [0.5, 0.6) is 0 Å². The molecule has 0 radical (unpaired) electrons. The lowest BCUT2D eigenvalue weighted by atomic mass is 9.89. The van der Waals surface area contributed by atoms with E-state index < -0.39 is 0 Å². The fourth-order valence-corrected chi connectivity index (χ4v) is 3.23. The van der Waals surface area contributed by atoms with E-state index in [0.29, 0.717) is 0 Å². The molecule has 1 rings (SSSR count). The predicted octanol–water partition coefficient (Wildman–Crippen LogP) is 3.91. The van der Waals surface area contributed by atoms with Crippen LogP contribution in [-0.4, -0.2) is 37.1 Å². The Hall–Kier alpha value is -0.0800. The Morgan fingerprint density at radius 1 is 1.16 bits per heavy atom. The van der Waals surface area contributed by atoms with Gasteiger partial charge < -0.3 is 10.2 Å². The molecule has 19 heavy (non-hydrogen) atoms. The average Bonchev–Trinajstić information content (AvgIpc) is 2.36. The fraction of sp³-hybridized carbons (Fsp3) is 1.00. The molecule has 1 N–H and O–H groups in total. The summed E-state index contributed by atoms with van der Waals surface area (Å²) in [7, 11) is 0. The number of hydrogen-bond donors (Lipinski definition) is 1. The topological polar surface area (TPSA) is 15.3 Å². The largest absolute Gasteiger partial charge is 0.313 e. The van der Waals surface area contributed by atoms with Crippen molar-refractivity contribution in [3.8, 4) is 0 Å². The number of unbranched alkanes of at least 4 members (excludes halogenated alkanes) is 1.